The van der Waals surface area contributed by atoms with Crippen LogP contribution in [0.1, 0.15) is 37.0 Å². The lowest BCUT2D eigenvalue weighted by molar-refractivity contribution is 0.0696. The van der Waals surface area contributed by atoms with Crippen molar-refractivity contribution in [2.45, 2.75) is 37.6 Å². The Morgan fingerprint density at radius 2 is 2.04 bits per heavy atom. The first-order valence-electron chi connectivity index (χ1n) is 8.07. The molecule has 1 fully saturated rings. The Kier molecular flexibility index (Phi) is 6.20. The molecule has 134 valence electrons. The molecule has 24 heavy (non-hydrogen) atoms. The van der Waals surface area contributed by atoms with Gasteiger partial charge in [-0.1, -0.05) is 13.3 Å². The molecule has 1 aromatic rings. The molecule has 0 aromatic heterocycles. The number of sulfonamides is 1. The maximum Gasteiger partial charge on any atom is 0.337 e. The third-order valence-corrected chi connectivity index (χ3v) is 5.53. The van der Waals surface area contributed by atoms with E-state index in [9.17, 15) is 18.3 Å². The number of carboxylic acids is 1. The van der Waals surface area contributed by atoms with Crippen LogP contribution in [0, 0.1) is 0 Å². The lowest BCUT2D eigenvalue weighted by Crippen LogP contribution is -2.37. The second-order valence-corrected chi connectivity index (χ2v) is 7.61. The number of anilines is 1. The normalized spacial score (nSPS) is 16.8. The van der Waals surface area contributed by atoms with Crippen LogP contribution in [0.25, 0.3) is 0 Å². The number of hydrogen-bond donors (Lipinski definition) is 2. The van der Waals surface area contributed by atoms with Crippen LogP contribution < -0.4 is 9.62 Å². The summed E-state index contributed by atoms with van der Waals surface area (Å²) in [5.41, 5.74) is 0.509. The molecule has 7 nitrogen and oxygen atoms in total. The molecule has 0 saturated carbocycles. The Labute approximate surface area is 142 Å². The summed E-state index contributed by atoms with van der Waals surface area (Å²) in [5, 5.41) is 9.48. The van der Waals surface area contributed by atoms with E-state index in [1.807, 2.05) is 11.8 Å². The molecule has 8 heteroatoms. The number of rotatable bonds is 7. The van der Waals surface area contributed by atoms with E-state index in [0.29, 0.717) is 32.0 Å². The number of carbonyl (C=O) groups is 1. The van der Waals surface area contributed by atoms with Gasteiger partial charge in [0.2, 0.25) is 10.0 Å². The zero-order valence-electron chi connectivity index (χ0n) is 14.0. The molecular weight excluding hydrogens is 332 g/mol. The summed E-state index contributed by atoms with van der Waals surface area (Å²) in [6.07, 6.45) is 1.58. The molecule has 0 radical (unpaired) electrons. The highest BCUT2D eigenvalue weighted by Gasteiger charge is 2.23. The zero-order chi connectivity index (χ0) is 17.7. The summed E-state index contributed by atoms with van der Waals surface area (Å²) in [6, 6.07) is 4.05. The number of morpholine rings is 1. The molecule has 2 rings (SSSR count). The van der Waals surface area contributed by atoms with Gasteiger partial charge in [-0.25, -0.2) is 17.9 Å². The van der Waals surface area contributed by atoms with E-state index in [2.05, 4.69) is 4.72 Å². The topological polar surface area (TPSA) is 95.9 Å². The Morgan fingerprint density at radius 3 is 2.62 bits per heavy atom. The Morgan fingerprint density at radius 1 is 1.38 bits per heavy atom. The first-order chi connectivity index (χ1) is 11.3. The second-order valence-electron chi connectivity index (χ2n) is 5.89. The van der Waals surface area contributed by atoms with Crippen LogP contribution in [-0.2, 0) is 14.8 Å². The maximum atomic E-state index is 12.4. The summed E-state index contributed by atoms with van der Waals surface area (Å²) in [4.78, 5) is 13.5. The van der Waals surface area contributed by atoms with Crippen molar-refractivity contribution in [2.24, 2.45) is 0 Å². The van der Waals surface area contributed by atoms with Crippen molar-refractivity contribution in [3.05, 3.63) is 23.8 Å². The molecule has 0 bridgehead atoms. The van der Waals surface area contributed by atoms with E-state index in [-0.39, 0.29) is 16.5 Å². The van der Waals surface area contributed by atoms with Gasteiger partial charge in [-0.3, -0.25) is 0 Å². The summed E-state index contributed by atoms with van der Waals surface area (Å²) in [6.45, 7) is 5.98. The lowest BCUT2D eigenvalue weighted by Gasteiger charge is -2.30. The minimum Gasteiger partial charge on any atom is -0.478 e. The van der Waals surface area contributed by atoms with Gasteiger partial charge in [0.1, 0.15) is 0 Å². The van der Waals surface area contributed by atoms with Crippen molar-refractivity contribution < 1.29 is 23.1 Å². The van der Waals surface area contributed by atoms with Crippen molar-refractivity contribution in [1.82, 2.24) is 4.72 Å². The van der Waals surface area contributed by atoms with Crippen molar-refractivity contribution in [2.75, 3.05) is 31.2 Å². The SMILES string of the molecule is CCCC(C)NS(=O)(=O)c1ccc(N2CCOCC2)c(C(=O)O)c1. The van der Waals surface area contributed by atoms with Gasteiger partial charge < -0.3 is 14.7 Å². The molecule has 1 aromatic carbocycles. The molecule has 1 heterocycles. The molecule has 1 unspecified atom stereocenters. The first kappa shape index (κ1) is 18.7. The van der Waals surface area contributed by atoms with Crippen LogP contribution in [0.3, 0.4) is 0 Å². The third kappa shape index (κ3) is 4.46. The molecule has 0 spiro atoms. The standard InChI is InChI=1S/C16H24N2O5S/c1-3-4-12(2)17-24(21,22)13-5-6-15(14(11-13)16(19)20)18-7-9-23-10-8-18/h5-6,11-12,17H,3-4,7-10H2,1-2H3,(H,19,20). The average molecular weight is 356 g/mol. The Balaban J connectivity index is 2.32. The van der Waals surface area contributed by atoms with Crippen molar-refractivity contribution >= 4 is 21.7 Å². The smallest absolute Gasteiger partial charge is 0.337 e. The highest BCUT2D eigenvalue weighted by atomic mass is 32.2. The Bertz CT molecular complexity index is 684. The van der Waals surface area contributed by atoms with Crippen LogP contribution in [0.2, 0.25) is 0 Å². The largest absolute Gasteiger partial charge is 0.478 e. The molecule has 1 saturated heterocycles. The fourth-order valence-electron chi connectivity index (χ4n) is 2.76. The highest BCUT2D eigenvalue weighted by Crippen LogP contribution is 2.25. The molecular formula is C16H24N2O5S. The minimum absolute atomic E-state index is 0.0112. The van der Waals surface area contributed by atoms with E-state index >= 15 is 0 Å². The number of benzene rings is 1. The summed E-state index contributed by atoms with van der Waals surface area (Å²) in [5.74, 6) is -1.14. The van der Waals surface area contributed by atoms with E-state index in [4.69, 9.17) is 4.74 Å². The zero-order valence-corrected chi connectivity index (χ0v) is 14.8. The fourth-order valence-corrected chi connectivity index (χ4v) is 4.06. The molecule has 0 aliphatic carbocycles. The van der Waals surface area contributed by atoms with Crippen molar-refractivity contribution in [1.29, 1.82) is 0 Å². The molecule has 1 atom stereocenters. The number of nitrogens with one attached hydrogen (secondary N) is 1. The summed E-state index contributed by atoms with van der Waals surface area (Å²) >= 11 is 0. The Hall–Kier alpha value is -1.64. The van der Waals surface area contributed by atoms with E-state index in [0.717, 1.165) is 12.8 Å². The number of nitrogens with zero attached hydrogens (tertiary/aromatic N) is 1. The fraction of sp³-hybridized carbons (Fsp3) is 0.562. The van der Waals surface area contributed by atoms with Gasteiger partial charge >= 0.3 is 5.97 Å². The monoisotopic (exact) mass is 356 g/mol. The van der Waals surface area contributed by atoms with Gasteiger partial charge in [-0.05, 0) is 31.5 Å². The van der Waals surface area contributed by atoms with E-state index in [1.54, 1.807) is 13.0 Å². The third-order valence-electron chi connectivity index (χ3n) is 3.94. The summed E-state index contributed by atoms with van der Waals surface area (Å²) in [7, 11) is -3.74. The predicted octanol–water partition coefficient (Wildman–Crippen LogP) is 1.69. The molecule has 1 aliphatic rings. The van der Waals surface area contributed by atoms with Crippen LogP contribution in [0.4, 0.5) is 5.69 Å². The van der Waals surface area contributed by atoms with Crippen molar-refractivity contribution in [3.63, 3.8) is 0 Å². The van der Waals surface area contributed by atoms with E-state index in [1.165, 1.54) is 12.1 Å². The molecule has 1 aliphatic heterocycles. The van der Waals surface area contributed by atoms with Crippen LogP contribution in [-0.4, -0.2) is 51.8 Å². The maximum absolute atomic E-state index is 12.4. The van der Waals surface area contributed by atoms with Crippen LogP contribution in [0.5, 0.6) is 0 Å². The van der Waals surface area contributed by atoms with Crippen LogP contribution >= 0.6 is 0 Å². The predicted molar refractivity (Wildman–Crippen MR) is 91.1 cm³/mol. The average Bonchev–Trinajstić information content (AvgIpc) is 2.54. The van der Waals surface area contributed by atoms with Gasteiger partial charge in [0.15, 0.2) is 0 Å². The van der Waals surface area contributed by atoms with Gasteiger partial charge in [-0.2, -0.15) is 0 Å². The number of aromatic carboxylic acids is 1. The minimum atomic E-state index is -3.74. The van der Waals surface area contributed by atoms with Gasteiger partial charge in [0, 0.05) is 19.1 Å². The second kappa shape index (κ2) is 7.96. The van der Waals surface area contributed by atoms with Gasteiger partial charge in [0.05, 0.1) is 29.4 Å². The van der Waals surface area contributed by atoms with E-state index < -0.39 is 16.0 Å². The number of hydrogen-bond acceptors (Lipinski definition) is 5. The van der Waals surface area contributed by atoms with Crippen LogP contribution in [0.15, 0.2) is 23.1 Å². The number of carboxylic acid groups (broad SMARTS) is 1. The molecule has 0 amide bonds. The van der Waals surface area contributed by atoms with Gasteiger partial charge in [0.25, 0.3) is 0 Å². The molecule has 2 N–H and O–H groups in total. The number of ether oxygens (including phenoxy) is 1. The van der Waals surface area contributed by atoms with Crippen molar-refractivity contribution in [3.8, 4) is 0 Å². The first-order valence-corrected chi connectivity index (χ1v) is 9.56. The summed E-state index contributed by atoms with van der Waals surface area (Å²) < 4.78 is 32.7. The van der Waals surface area contributed by atoms with Gasteiger partial charge in [-0.15, -0.1) is 0 Å². The highest BCUT2D eigenvalue weighted by molar-refractivity contribution is 7.89. The lowest BCUT2D eigenvalue weighted by atomic mass is 10.1. The quantitative estimate of drug-likeness (QED) is 0.772.